The van der Waals surface area contributed by atoms with E-state index in [-0.39, 0.29) is 0 Å². The van der Waals surface area contributed by atoms with Gasteiger partial charge in [-0.1, -0.05) is 17.7 Å². The van der Waals surface area contributed by atoms with Crippen LogP contribution in [0.3, 0.4) is 0 Å². The van der Waals surface area contributed by atoms with Crippen LogP contribution in [0.4, 0.5) is 5.69 Å². The number of nitrogens with two attached hydrogens (primary N) is 1. The van der Waals surface area contributed by atoms with Crippen molar-refractivity contribution < 1.29 is 0 Å². The third kappa shape index (κ3) is 2.06. The second-order valence-corrected chi connectivity index (χ2v) is 5.06. The number of aromatic nitrogens is 4. The third-order valence-electron chi connectivity index (χ3n) is 3.23. The maximum absolute atomic E-state index is 6.15. The number of nitrogen functional groups attached to an aromatic ring is 1. The Kier molecular flexibility index (Phi) is 2.99. The Bertz CT molecular complexity index is 772. The van der Waals surface area contributed by atoms with Crippen LogP contribution in [0.1, 0.15) is 5.56 Å². The maximum atomic E-state index is 6.15. The van der Waals surface area contributed by atoms with Crippen LogP contribution in [0.2, 0.25) is 5.02 Å². The summed E-state index contributed by atoms with van der Waals surface area (Å²) in [6, 6.07) is 7.67. The van der Waals surface area contributed by atoms with Gasteiger partial charge in [0.2, 0.25) is 0 Å². The molecule has 0 aliphatic carbocycles. The molecule has 2 N–H and O–H groups in total. The van der Waals surface area contributed by atoms with Gasteiger partial charge in [-0.25, -0.2) is 4.68 Å². The number of nitrogens with zero attached hydrogens (tertiary/aromatic N) is 4. The van der Waals surface area contributed by atoms with Crippen LogP contribution >= 0.6 is 11.6 Å². The van der Waals surface area contributed by atoms with E-state index in [9.17, 15) is 0 Å². The van der Waals surface area contributed by atoms with E-state index in [1.54, 1.807) is 21.8 Å². The zero-order valence-electron chi connectivity index (χ0n) is 11.2. The number of anilines is 1. The molecule has 0 fully saturated rings. The van der Waals surface area contributed by atoms with Gasteiger partial charge in [0.1, 0.15) is 5.69 Å². The van der Waals surface area contributed by atoms with Gasteiger partial charge >= 0.3 is 0 Å². The average molecular weight is 288 g/mol. The summed E-state index contributed by atoms with van der Waals surface area (Å²) in [6.07, 6.45) is 3.50. The molecule has 0 radical (unpaired) electrons. The Morgan fingerprint density at radius 3 is 2.70 bits per heavy atom. The molecule has 102 valence electrons. The van der Waals surface area contributed by atoms with E-state index in [0.717, 1.165) is 16.9 Å². The minimum atomic E-state index is 0.602. The lowest BCUT2D eigenvalue weighted by molar-refractivity contribution is 0.769. The van der Waals surface area contributed by atoms with Gasteiger partial charge in [0, 0.05) is 18.3 Å². The van der Waals surface area contributed by atoms with Crippen LogP contribution in [-0.2, 0) is 7.05 Å². The molecule has 5 nitrogen and oxygen atoms in total. The molecule has 0 atom stereocenters. The number of hydrogen-bond donors (Lipinski definition) is 1. The molecule has 6 heteroatoms. The van der Waals surface area contributed by atoms with E-state index in [0.29, 0.717) is 16.4 Å². The number of rotatable bonds is 2. The first kappa shape index (κ1) is 12.7. The van der Waals surface area contributed by atoms with Crippen LogP contribution < -0.4 is 5.73 Å². The molecule has 0 spiro atoms. The zero-order chi connectivity index (χ0) is 14.3. The van der Waals surface area contributed by atoms with Crippen LogP contribution in [0, 0.1) is 6.92 Å². The van der Waals surface area contributed by atoms with Gasteiger partial charge < -0.3 is 5.73 Å². The smallest absolute Gasteiger partial charge is 0.134 e. The molecule has 0 aliphatic rings. The summed E-state index contributed by atoms with van der Waals surface area (Å²) in [4.78, 5) is 0. The molecule has 2 aromatic heterocycles. The summed E-state index contributed by atoms with van der Waals surface area (Å²) in [6.45, 7) is 1.96. The van der Waals surface area contributed by atoms with Crippen molar-refractivity contribution in [2.75, 3.05) is 5.73 Å². The second kappa shape index (κ2) is 4.68. The first-order valence-electron chi connectivity index (χ1n) is 6.16. The largest absolute Gasteiger partial charge is 0.396 e. The van der Waals surface area contributed by atoms with Crippen molar-refractivity contribution in [3.63, 3.8) is 0 Å². The normalized spacial score (nSPS) is 10.9. The van der Waals surface area contributed by atoms with Gasteiger partial charge in [-0.15, -0.1) is 0 Å². The molecule has 2 heterocycles. The summed E-state index contributed by atoms with van der Waals surface area (Å²) in [7, 11) is 1.86. The first-order valence-corrected chi connectivity index (χ1v) is 6.54. The zero-order valence-corrected chi connectivity index (χ0v) is 12.0. The van der Waals surface area contributed by atoms with Gasteiger partial charge in [0.05, 0.1) is 23.3 Å². The lowest BCUT2D eigenvalue weighted by Gasteiger charge is -2.03. The maximum Gasteiger partial charge on any atom is 0.134 e. The fourth-order valence-electron chi connectivity index (χ4n) is 2.05. The van der Waals surface area contributed by atoms with Crippen molar-refractivity contribution in [3.05, 3.63) is 47.2 Å². The Balaban J connectivity index is 2.09. The van der Waals surface area contributed by atoms with Crippen LogP contribution in [0.5, 0.6) is 0 Å². The molecule has 20 heavy (non-hydrogen) atoms. The number of hydrogen-bond acceptors (Lipinski definition) is 3. The van der Waals surface area contributed by atoms with Crippen LogP contribution in [0.25, 0.3) is 17.1 Å². The molecule has 0 saturated heterocycles. The molecular weight excluding hydrogens is 274 g/mol. The topological polar surface area (TPSA) is 61.7 Å². The van der Waals surface area contributed by atoms with Gasteiger partial charge in [0.25, 0.3) is 0 Å². The highest BCUT2D eigenvalue weighted by molar-refractivity contribution is 6.31. The molecule has 0 unspecified atom stereocenters. The minimum absolute atomic E-state index is 0.602. The van der Waals surface area contributed by atoms with E-state index >= 15 is 0 Å². The summed E-state index contributed by atoms with van der Waals surface area (Å²) in [5, 5.41) is 9.37. The lowest BCUT2D eigenvalue weighted by atomic mass is 10.2. The minimum Gasteiger partial charge on any atom is -0.396 e. The molecule has 0 aliphatic heterocycles. The highest BCUT2D eigenvalue weighted by Crippen LogP contribution is 2.26. The quantitative estimate of drug-likeness (QED) is 0.788. The summed E-state index contributed by atoms with van der Waals surface area (Å²) < 4.78 is 3.47. The molecule has 0 bridgehead atoms. The SMILES string of the molecule is Cc1ccc(-n2cc(N)c(-c3ccnn3C)n2)cc1Cl. The highest BCUT2D eigenvalue weighted by Gasteiger charge is 2.13. The molecule has 0 amide bonds. The number of benzene rings is 1. The van der Waals surface area contributed by atoms with Crippen molar-refractivity contribution >= 4 is 17.3 Å². The fraction of sp³-hybridized carbons (Fsp3) is 0.143. The third-order valence-corrected chi connectivity index (χ3v) is 3.63. The van der Waals surface area contributed by atoms with E-state index in [1.807, 2.05) is 38.2 Å². The highest BCUT2D eigenvalue weighted by atomic mass is 35.5. The van der Waals surface area contributed by atoms with Crippen LogP contribution in [-0.4, -0.2) is 19.6 Å². The van der Waals surface area contributed by atoms with Gasteiger partial charge in [-0.2, -0.15) is 10.2 Å². The molecule has 0 saturated carbocycles. The second-order valence-electron chi connectivity index (χ2n) is 4.65. The predicted molar refractivity (Wildman–Crippen MR) is 79.9 cm³/mol. The summed E-state index contributed by atoms with van der Waals surface area (Å²) in [5.41, 5.74) is 10.1. The van der Waals surface area contributed by atoms with Crippen molar-refractivity contribution in [2.45, 2.75) is 6.92 Å². The molecular formula is C14H14ClN5. The fourth-order valence-corrected chi connectivity index (χ4v) is 2.22. The molecule has 1 aromatic carbocycles. The monoisotopic (exact) mass is 287 g/mol. The van der Waals surface area contributed by atoms with Crippen molar-refractivity contribution in [1.82, 2.24) is 19.6 Å². The van der Waals surface area contributed by atoms with Gasteiger partial charge in [-0.05, 0) is 30.7 Å². The molecule has 3 aromatic rings. The van der Waals surface area contributed by atoms with Crippen molar-refractivity contribution in [3.8, 4) is 17.1 Å². The lowest BCUT2D eigenvalue weighted by Crippen LogP contribution is -1.98. The standard InChI is InChI=1S/C14H14ClN5/c1-9-3-4-10(7-11(9)15)20-8-12(16)14(18-20)13-5-6-17-19(13)2/h3-8H,16H2,1-2H3. The van der Waals surface area contributed by atoms with E-state index in [2.05, 4.69) is 10.2 Å². The Morgan fingerprint density at radius 2 is 2.05 bits per heavy atom. The Labute approximate surface area is 121 Å². The van der Waals surface area contributed by atoms with E-state index in [1.165, 1.54) is 0 Å². The Hall–Kier alpha value is -2.27. The number of aryl methyl sites for hydroxylation is 2. The van der Waals surface area contributed by atoms with Gasteiger partial charge in [0.15, 0.2) is 0 Å². The van der Waals surface area contributed by atoms with E-state index in [4.69, 9.17) is 17.3 Å². The van der Waals surface area contributed by atoms with Gasteiger partial charge in [-0.3, -0.25) is 4.68 Å². The molecule has 3 rings (SSSR count). The number of halogens is 1. The van der Waals surface area contributed by atoms with Crippen LogP contribution in [0.15, 0.2) is 36.7 Å². The van der Waals surface area contributed by atoms with Crippen molar-refractivity contribution in [2.24, 2.45) is 7.05 Å². The average Bonchev–Trinajstić information content (AvgIpc) is 2.99. The predicted octanol–water partition coefficient (Wildman–Crippen LogP) is 2.82. The summed E-state index contributed by atoms with van der Waals surface area (Å²) in [5.74, 6) is 0. The van der Waals surface area contributed by atoms with E-state index < -0.39 is 0 Å². The summed E-state index contributed by atoms with van der Waals surface area (Å²) >= 11 is 6.15. The Morgan fingerprint density at radius 1 is 1.25 bits per heavy atom. The van der Waals surface area contributed by atoms with Crippen molar-refractivity contribution in [1.29, 1.82) is 0 Å². The first-order chi connectivity index (χ1) is 9.56.